The fraction of sp³-hybridized carbons (Fsp3) is 0.583. The summed E-state index contributed by atoms with van der Waals surface area (Å²) in [4.78, 5) is 31.2. The molecule has 19 heavy (non-hydrogen) atoms. The van der Waals surface area contributed by atoms with E-state index in [-0.39, 0.29) is 18.5 Å². The molecule has 0 bridgehead atoms. The molecule has 1 aromatic rings. The number of carboxylic acid groups (broad SMARTS) is 1. The molecule has 0 aliphatic rings. The number of carbonyl (C=O) groups excluding carboxylic acids is 1. The Morgan fingerprint density at radius 2 is 2.26 bits per heavy atom. The lowest BCUT2D eigenvalue weighted by Gasteiger charge is -2.26. The van der Waals surface area contributed by atoms with E-state index in [9.17, 15) is 9.59 Å². The molecular formula is C12H20N4O3. The van der Waals surface area contributed by atoms with Crippen LogP contribution in [0.2, 0.25) is 0 Å². The summed E-state index contributed by atoms with van der Waals surface area (Å²) >= 11 is 0. The summed E-state index contributed by atoms with van der Waals surface area (Å²) in [5.41, 5.74) is 0.666. The molecule has 7 heteroatoms. The number of nitrogens with one attached hydrogen (secondary N) is 2. The van der Waals surface area contributed by atoms with Crippen LogP contribution in [0.1, 0.15) is 26.0 Å². The summed E-state index contributed by atoms with van der Waals surface area (Å²) < 4.78 is 0. The van der Waals surface area contributed by atoms with E-state index < -0.39 is 12.0 Å². The Bertz CT molecular complexity index is 419. The van der Waals surface area contributed by atoms with Gasteiger partial charge in [0, 0.05) is 31.4 Å². The van der Waals surface area contributed by atoms with Crippen molar-refractivity contribution in [3.05, 3.63) is 18.2 Å². The molecule has 1 rings (SSSR count). The fourth-order valence-electron chi connectivity index (χ4n) is 1.54. The number of amides is 2. The van der Waals surface area contributed by atoms with Crippen molar-refractivity contribution in [2.24, 2.45) is 0 Å². The highest BCUT2D eigenvalue weighted by Crippen LogP contribution is 2.03. The van der Waals surface area contributed by atoms with Gasteiger partial charge in [0.05, 0.1) is 6.33 Å². The van der Waals surface area contributed by atoms with Crippen LogP contribution in [0.3, 0.4) is 0 Å². The monoisotopic (exact) mass is 268 g/mol. The van der Waals surface area contributed by atoms with Crippen LogP contribution < -0.4 is 5.32 Å². The number of aromatic nitrogens is 2. The molecule has 0 aliphatic heterocycles. The number of aliphatic carboxylic acids is 1. The number of rotatable bonds is 6. The molecule has 0 saturated heterocycles. The fourth-order valence-corrected chi connectivity index (χ4v) is 1.54. The number of carbonyl (C=O) groups is 2. The molecule has 1 unspecified atom stereocenters. The van der Waals surface area contributed by atoms with Gasteiger partial charge in [0.1, 0.15) is 6.04 Å². The maximum Gasteiger partial charge on any atom is 0.326 e. The van der Waals surface area contributed by atoms with Crippen molar-refractivity contribution in [3.63, 3.8) is 0 Å². The molecule has 0 aromatic carbocycles. The topological polar surface area (TPSA) is 98.3 Å². The second kappa shape index (κ2) is 6.77. The van der Waals surface area contributed by atoms with E-state index in [0.717, 1.165) is 6.42 Å². The first-order chi connectivity index (χ1) is 8.95. The molecule has 7 nitrogen and oxygen atoms in total. The maximum atomic E-state index is 11.9. The van der Waals surface area contributed by atoms with E-state index in [1.807, 2.05) is 13.8 Å². The van der Waals surface area contributed by atoms with E-state index in [4.69, 9.17) is 5.11 Å². The van der Waals surface area contributed by atoms with Gasteiger partial charge in [0.2, 0.25) is 0 Å². The van der Waals surface area contributed by atoms with Crippen molar-refractivity contribution in [1.82, 2.24) is 20.2 Å². The third kappa shape index (κ3) is 4.27. The van der Waals surface area contributed by atoms with Crippen molar-refractivity contribution >= 4 is 12.0 Å². The Balaban J connectivity index is 2.63. The normalized spacial score (nSPS) is 13.6. The predicted molar refractivity (Wildman–Crippen MR) is 69.8 cm³/mol. The molecule has 3 N–H and O–H groups in total. The van der Waals surface area contributed by atoms with Crippen LogP contribution >= 0.6 is 0 Å². The summed E-state index contributed by atoms with van der Waals surface area (Å²) in [6, 6.07) is -1.30. The van der Waals surface area contributed by atoms with Crippen molar-refractivity contribution < 1.29 is 14.7 Å². The number of hydrogen-bond acceptors (Lipinski definition) is 3. The van der Waals surface area contributed by atoms with Gasteiger partial charge in [-0.3, -0.25) is 0 Å². The lowest BCUT2D eigenvalue weighted by atomic mass is 10.1. The molecule has 0 fully saturated rings. The van der Waals surface area contributed by atoms with E-state index in [1.165, 1.54) is 11.2 Å². The quantitative estimate of drug-likeness (QED) is 0.712. The molecule has 0 aliphatic carbocycles. The number of urea groups is 1. The number of H-pyrrole nitrogens is 1. The van der Waals surface area contributed by atoms with Crippen LogP contribution in [-0.4, -0.2) is 51.1 Å². The molecular weight excluding hydrogens is 248 g/mol. The SMILES string of the molecule is CCC(C)N(C)C(=O)N[C@@H](Cc1cnc[nH]1)C(=O)O. The van der Waals surface area contributed by atoms with Gasteiger partial charge >= 0.3 is 12.0 Å². The van der Waals surface area contributed by atoms with E-state index in [0.29, 0.717) is 5.69 Å². The van der Waals surface area contributed by atoms with Crippen molar-refractivity contribution in [2.45, 2.75) is 38.8 Å². The Labute approximate surface area is 112 Å². The average molecular weight is 268 g/mol. The first kappa shape index (κ1) is 15.0. The van der Waals surface area contributed by atoms with Crippen molar-refractivity contribution in [2.75, 3.05) is 7.05 Å². The standard InChI is InChI=1S/C12H20N4O3/c1-4-8(2)16(3)12(19)15-10(11(17)18)5-9-6-13-7-14-9/h6-8,10H,4-5H2,1-3H3,(H,13,14)(H,15,19)(H,17,18)/t8?,10-/m0/s1. The van der Waals surface area contributed by atoms with Crippen LogP contribution in [-0.2, 0) is 11.2 Å². The second-order valence-corrected chi connectivity index (χ2v) is 4.49. The zero-order valence-corrected chi connectivity index (χ0v) is 11.4. The Morgan fingerprint density at radius 3 is 2.74 bits per heavy atom. The van der Waals surface area contributed by atoms with Gasteiger partial charge in [-0.25, -0.2) is 14.6 Å². The lowest BCUT2D eigenvalue weighted by molar-refractivity contribution is -0.139. The number of carboxylic acids is 1. The first-order valence-electron chi connectivity index (χ1n) is 6.19. The van der Waals surface area contributed by atoms with Crippen LogP contribution in [0.5, 0.6) is 0 Å². The number of imidazole rings is 1. The Morgan fingerprint density at radius 1 is 1.58 bits per heavy atom. The minimum absolute atomic E-state index is 0.0570. The van der Waals surface area contributed by atoms with Gasteiger partial charge in [-0.05, 0) is 13.3 Å². The van der Waals surface area contributed by atoms with Gasteiger partial charge in [0.15, 0.2) is 0 Å². The van der Waals surface area contributed by atoms with Crippen molar-refractivity contribution in [1.29, 1.82) is 0 Å². The summed E-state index contributed by atoms with van der Waals surface area (Å²) in [6.07, 6.45) is 4.00. The smallest absolute Gasteiger partial charge is 0.326 e. The summed E-state index contributed by atoms with van der Waals surface area (Å²) in [6.45, 7) is 3.87. The maximum absolute atomic E-state index is 11.9. The van der Waals surface area contributed by atoms with Crippen molar-refractivity contribution in [3.8, 4) is 0 Å². The predicted octanol–water partition coefficient (Wildman–Crippen LogP) is 0.845. The summed E-state index contributed by atoms with van der Waals surface area (Å²) in [5, 5.41) is 11.6. The van der Waals surface area contributed by atoms with Gasteiger partial charge in [-0.15, -0.1) is 0 Å². The minimum atomic E-state index is -1.07. The highest BCUT2D eigenvalue weighted by Gasteiger charge is 2.23. The summed E-state index contributed by atoms with van der Waals surface area (Å²) in [5.74, 6) is -1.07. The highest BCUT2D eigenvalue weighted by atomic mass is 16.4. The van der Waals surface area contributed by atoms with Crippen LogP contribution in [0.4, 0.5) is 4.79 Å². The minimum Gasteiger partial charge on any atom is -0.480 e. The molecule has 0 saturated carbocycles. The Kier molecular flexibility index (Phi) is 5.35. The molecule has 0 spiro atoms. The number of aromatic amines is 1. The summed E-state index contributed by atoms with van der Waals surface area (Å²) in [7, 11) is 1.65. The van der Waals surface area contributed by atoms with E-state index >= 15 is 0 Å². The van der Waals surface area contributed by atoms with Gasteiger partial charge in [0.25, 0.3) is 0 Å². The highest BCUT2D eigenvalue weighted by molar-refractivity contribution is 5.82. The zero-order valence-electron chi connectivity index (χ0n) is 11.4. The van der Waals surface area contributed by atoms with E-state index in [1.54, 1.807) is 13.2 Å². The van der Waals surface area contributed by atoms with Crippen LogP contribution in [0, 0.1) is 0 Å². The molecule has 106 valence electrons. The molecule has 1 heterocycles. The van der Waals surface area contributed by atoms with Crippen LogP contribution in [0.15, 0.2) is 12.5 Å². The molecule has 2 atom stereocenters. The lowest BCUT2D eigenvalue weighted by Crippen LogP contribution is -2.49. The number of hydrogen-bond donors (Lipinski definition) is 3. The third-order valence-corrected chi connectivity index (χ3v) is 3.15. The third-order valence-electron chi connectivity index (χ3n) is 3.15. The molecule has 2 amide bonds. The largest absolute Gasteiger partial charge is 0.480 e. The van der Waals surface area contributed by atoms with Gasteiger partial charge in [-0.2, -0.15) is 0 Å². The average Bonchev–Trinajstić information content (AvgIpc) is 2.88. The van der Waals surface area contributed by atoms with Gasteiger partial charge in [-0.1, -0.05) is 6.92 Å². The zero-order chi connectivity index (χ0) is 14.4. The Hall–Kier alpha value is -2.05. The molecule has 1 aromatic heterocycles. The number of nitrogens with zero attached hydrogens (tertiary/aromatic N) is 2. The second-order valence-electron chi connectivity index (χ2n) is 4.49. The van der Waals surface area contributed by atoms with Gasteiger partial charge < -0.3 is 20.3 Å². The first-order valence-corrected chi connectivity index (χ1v) is 6.19. The van der Waals surface area contributed by atoms with Crippen LogP contribution in [0.25, 0.3) is 0 Å². The van der Waals surface area contributed by atoms with E-state index in [2.05, 4.69) is 15.3 Å². The molecule has 0 radical (unpaired) electrons.